The second-order valence-electron chi connectivity index (χ2n) is 5.77. The van der Waals surface area contributed by atoms with Gasteiger partial charge in [-0.2, -0.15) is 0 Å². The number of esters is 1. The summed E-state index contributed by atoms with van der Waals surface area (Å²) >= 11 is 7.18. The SMILES string of the molecule is CC(=O)c1cc(Cl)ccc1OC(=O)c1cc2cc3ccccc3nc2s1. The Bertz CT molecular complexity index is 1130. The molecule has 0 bridgehead atoms. The number of rotatable bonds is 3. The van der Waals surface area contributed by atoms with E-state index >= 15 is 0 Å². The van der Waals surface area contributed by atoms with E-state index in [0.717, 1.165) is 21.1 Å². The number of fused-ring (bicyclic) bond motifs is 2. The van der Waals surface area contributed by atoms with E-state index in [-0.39, 0.29) is 17.1 Å². The quantitative estimate of drug-likeness (QED) is 0.266. The largest absolute Gasteiger partial charge is 0.422 e. The van der Waals surface area contributed by atoms with E-state index in [0.29, 0.717) is 9.90 Å². The molecular formula is C20H12ClNO3S. The van der Waals surface area contributed by atoms with Gasteiger partial charge in [0.05, 0.1) is 11.1 Å². The van der Waals surface area contributed by atoms with Crippen LogP contribution in [0.25, 0.3) is 21.1 Å². The van der Waals surface area contributed by atoms with Gasteiger partial charge in [0.2, 0.25) is 0 Å². The number of Topliss-reactive ketones (excluding diaryl/α,β-unsaturated/α-hetero) is 1. The summed E-state index contributed by atoms with van der Waals surface area (Å²) in [6.07, 6.45) is 0. The van der Waals surface area contributed by atoms with Crippen LogP contribution in [0.1, 0.15) is 27.0 Å². The van der Waals surface area contributed by atoms with Crippen molar-refractivity contribution in [1.82, 2.24) is 4.98 Å². The molecule has 0 aliphatic rings. The molecule has 0 saturated carbocycles. The van der Waals surface area contributed by atoms with Gasteiger partial charge in [-0.05, 0) is 43.3 Å². The molecule has 0 unspecified atom stereocenters. The molecule has 2 heterocycles. The van der Waals surface area contributed by atoms with Crippen LogP contribution < -0.4 is 4.74 Å². The lowest BCUT2D eigenvalue weighted by atomic mass is 10.1. The molecule has 0 amide bonds. The summed E-state index contributed by atoms with van der Waals surface area (Å²) in [5.41, 5.74) is 1.15. The van der Waals surface area contributed by atoms with Gasteiger partial charge in [0.25, 0.3) is 0 Å². The lowest BCUT2D eigenvalue weighted by Gasteiger charge is -2.07. The highest BCUT2D eigenvalue weighted by Gasteiger charge is 2.17. The minimum Gasteiger partial charge on any atom is -0.422 e. The number of hydrogen-bond donors (Lipinski definition) is 0. The fraction of sp³-hybridized carbons (Fsp3) is 0.0500. The first-order valence-corrected chi connectivity index (χ1v) is 9.03. The summed E-state index contributed by atoms with van der Waals surface area (Å²) in [6, 6.07) is 16.1. The molecule has 4 rings (SSSR count). The number of ketones is 1. The Hall–Kier alpha value is -2.76. The Morgan fingerprint density at radius 1 is 1.04 bits per heavy atom. The van der Waals surface area contributed by atoms with Gasteiger partial charge in [-0.15, -0.1) is 11.3 Å². The number of ether oxygens (including phenoxy) is 1. The van der Waals surface area contributed by atoms with Crippen LogP contribution in [-0.4, -0.2) is 16.7 Å². The molecule has 4 nitrogen and oxygen atoms in total. The summed E-state index contributed by atoms with van der Waals surface area (Å²) in [7, 11) is 0. The van der Waals surface area contributed by atoms with Crippen molar-refractivity contribution in [2.45, 2.75) is 6.92 Å². The topological polar surface area (TPSA) is 56.3 Å². The number of nitrogens with zero attached hydrogens (tertiary/aromatic N) is 1. The standard InChI is InChI=1S/C20H12ClNO3S/c1-11(23)15-10-14(21)6-7-17(15)25-20(24)18-9-13-8-12-4-2-3-5-16(12)22-19(13)26-18/h2-10H,1H3. The molecule has 0 spiro atoms. The van der Waals surface area contributed by atoms with Gasteiger partial charge < -0.3 is 4.74 Å². The van der Waals surface area contributed by atoms with E-state index < -0.39 is 5.97 Å². The molecule has 0 fully saturated rings. The normalized spacial score (nSPS) is 11.0. The maximum Gasteiger partial charge on any atom is 0.353 e. The molecule has 2 aromatic carbocycles. The fourth-order valence-electron chi connectivity index (χ4n) is 2.69. The molecule has 0 aliphatic carbocycles. The van der Waals surface area contributed by atoms with Gasteiger partial charge in [0, 0.05) is 15.8 Å². The highest BCUT2D eigenvalue weighted by Crippen LogP contribution is 2.29. The van der Waals surface area contributed by atoms with Crippen LogP contribution in [0.5, 0.6) is 5.75 Å². The number of hydrogen-bond acceptors (Lipinski definition) is 5. The third-order valence-electron chi connectivity index (χ3n) is 3.93. The monoisotopic (exact) mass is 381 g/mol. The van der Waals surface area contributed by atoms with Crippen molar-refractivity contribution in [2.24, 2.45) is 0 Å². The highest BCUT2D eigenvalue weighted by atomic mass is 35.5. The van der Waals surface area contributed by atoms with Crippen molar-refractivity contribution in [3.63, 3.8) is 0 Å². The van der Waals surface area contributed by atoms with Crippen molar-refractivity contribution < 1.29 is 14.3 Å². The Balaban J connectivity index is 1.70. The van der Waals surface area contributed by atoms with Crippen LogP contribution >= 0.6 is 22.9 Å². The third kappa shape index (κ3) is 3.07. The molecule has 0 N–H and O–H groups in total. The van der Waals surface area contributed by atoms with E-state index in [1.54, 1.807) is 12.1 Å². The molecule has 6 heteroatoms. The molecule has 0 saturated heterocycles. The zero-order valence-corrected chi connectivity index (χ0v) is 15.2. The molecule has 0 atom stereocenters. The summed E-state index contributed by atoms with van der Waals surface area (Å²) in [6.45, 7) is 1.40. The number of para-hydroxylation sites is 1. The van der Waals surface area contributed by atoms with Crippen LogP contribution in [0, 0.1) is 0 Å². The zero-order valence-electron chi connectivity index (χ0n) is 13.7. The number of thiophene rings is 1. The second-order valence-corrected chi connectivity index (χ2v) is 7.24. The minimum atomic E-state index is -0.526. The molecule has 0 aliphatic heterocycles. The summed E-state index contributed by atoms with van der Waals surface area (Å²) in [4.78, 5) is 30.1. The lowest BCUT2D eigenvalue weighted by Crippen LogP contribution is -2.09. The molecule has 26 heavy (non-hydrogen) atoms. The number of carbonyl (C=O) groups is 2. The Morgan fingerprint density at radius 2 is 1.85 bits per heavy atom. The van der Waals surface area contributed by atoms with E-state index in [1.165, 1.54) is 30.4 Å². The lowest BCUT2D eigenvalue weighted by molar-refractivity contribution is 0.0738. The minimum absolute atomic E-state index is 0.197. The van der Waals surface area contributed by atoms with E-state index in [1.807, 2.05) is 30.3 Å². The molecule has 0 radical (unpaired) electrons. The number of halogens is 1. The maximum absolute atomic E-state index is 12.6. The van der Waals surface area contributed by atoms with Crippen molar-refractivity contribution in [2.75, 3.05) is 0 Å². The van der Waals surface area contributed by atoms with Gasteiger partial charge in [-0.3, -0.25) is 4.79 Å². The van der Waals surface area contributed by atoms with Gasteiger partial charge in [-0.25, -0.2) is 9.78 Å². The van der Waals surface area contributed by atoms with Crippen molar-refractivity contribution in [3.05, 3.63) is 70.1 Å². The number of benzene rings is 2. The first kappa shape index (κ1) is 16.7. The molecule has 128 valence electrons. The van der Waals surface area contributed by atoms with E-state index in [9.17, 15) is 9.59 Å². The van der Waals surface area contributed by atoms with E-state index in [4.69, 9.17) is 16.3 Å². The molecular weight excluding hydrogens is 370 g/mol. The van der Waals surface area contributed by atoms with Crippen LogP contribution in [0.15, 0.2) is 54.6 Å². The Kier molecular flexibility index (Phi) is 4.18. The van der Waals surface area contributed by atoms with Crippen molar-refractivity contribution in [1.29, 1.82) is 0 Å². The zero-order chi connectivity index (χ0) is 18.3. The average Bonchev–Trinajstić information content (AvgIpc) is 3.04. The number of pyridine rings is 1. The van der Waals surface area contributed by atoms with Crippen molar-refractivity contribution >= 4 is 55.8 Å². The average molecular weight is 382 g/mol. The number of carbonyl (C=O) groups excluding carboxylic acids is 2. The predicted molar refractivity (Wildman–Crippen MR) is 104 cm³/mol. The van der Waals surface area contributed by atoms with Gasteiger partial charge in [-0.1, -0.05) is 29.8 Å². The first-order valence-electron chi connectivity index (χ1n) is 7.83. The van der Waals surface area contributed by atoms with Crippen LogP contribution in [0.4, 0.5) is 0 Å². The molecule has 2 aromatic heterocycles. The summed E-state index contributed by atoms with van der Waals surface area (Å²) in [5.74, 6) is -0.552. The predicted octanol–water partition coefficient (Wildman–Crippen LogP) is 5.52. The second kappa shape index (κ2) is 6.52. The van der Waals surface area contributed by atoms with Gasteiger partial charge in [0.15, 0.2) is 5.78 Å². The highest BCUT2D eigenvalue weighted by molar-refractivity contribution is 7.20. The first-order chi connectivity index (χ1) is 12.5. The van der Waals surface area contributed by atoms with Crippen LogP contribution in [-0.2, 0) is 0 Å². The third-order valence-corrected chi connectivity index (χ3v) is 5.19. The van der Waals surface area contributed by atoms with Crippen LogP contribution in [0.2, 0.25) is 5.02 Å². The smallest absolute Gasteiger partial charge is 0.353 e. The molecule has 4 aromatic rings. The Labute approximate surface area is 158 Å². The summed E-state index contributed by atoms with van der Waals surface area (Å²) < 4.78 is 5.44. The van der Waals surface area contributed by atoms with Crippen molar-refractivity contribution in [3.8, 4) is 5.75 Å². The van der Waals surface area contributed by atoms with Gasteiger partial charge >= 0.3 is 5.97 Å². The maximum atomic E-state index is 12.6. The summed E-state index contributed by atoms with van der Waals surface area (Å²) in [5, 5.41) is 2.30. The van der Waals surface area contributed by atoms with Gasteiger partial charge in [0.1, 0.15) is 15.5 Å². The number of aromatic nitrogens is 1. The van der Waals surface area contributed by atoms with E-state index in [2.05, 4.69) is 4.98 Å². The van der Waals surface area contributed by atoms with Crippen LogP contribution in [0.3, 0.4) is 0 Å². The fourth-order valence-corrected chi connectivity index (χ4v) is 3.76. The Morgan fingerprint density at radius 3 is 2.65 bits per heavy atom.